The molecule has 1 heterocycles. The fourth-order valence-corrected chi connectivity index (χ4v) is 2.25. The first-order chi connectivity index (χ1) is 8.06. The van der Waals surface area contributed by atoms with Crippen LogP contribution in [0.2, 0.25) is 15.1 Å². The molecule has 0 amide bonds. The minimum absolute atomic E-state index is 0.291. The number of halogens is 4. The monoisotopic (exact) mass is 351 g/mol. The predicted molar refractivity (Wildman–Crippen MR) is 73.5 cm³/mol. The number of aromatic nitrogens is 1. The molecular formula is C11H5BrCl3NO. The first kappa shape index (κ1) is 13.0. The SMILES string of the molecule is Clc1ccc(Oc2ncc(Br)cc2Cl)c(Cl)c1. The van der Waals surface area contributed by atoms with E-state index in [0.717, 1.165) is 4.47 Å². The molecule has 17 heavy (non-hydrogen) atoms. The van der Waals surface area contributed by atoms with Crippen molar-refractivity contribution in [2.75, 3.05) is 0 Å². The third-order valence-corrected chi connectivity index (χ3v) is 3.11. The summed E-state index contributed by atoms with van der Waals surface area (Å²) < 4.78 is 6.27. The summed E-state index contributed by atoms with van der Waals surface area (Å²) in [4.78, 5) is 4.04. The van der Waals surface area contributed by atoms with Crippen molar-refractivity contribution in [3.8, 4) is 11.6 Å². The summed E-state index contributed by atoms with van der Waals surface area (Å²) in [5.74, 6) is 0.742. The average Bonchev–Trinajstić information content (AvgIpc) is 2.25. The number of hydrogen-bond donors (Lipinski definition) is 0. The highest BCUT2D eigenvalue weighted by Gasteiger charge is 2.08. The molecule has 2 nitrogen and oxygen atoms in total. The van der Waals surface area contributed by atoms with Gasteiger partial charge in [-0.2, -0.15) is 0 Å². The van der Waals surface area contributed by atoms with Crippen molar-refractivity contribution in [3.05, 3.63) is 50.0 Å². The van der Waals surface area contributed by atoms with Crippen LogP contribution in [0.1, 0.15) is 0 Å². The summed E-state index contributed by atoms with van der Waals surface area (Å²) in [6.45, 7) is 0. The van der Waals surface area contributed by atoms with Gasteiger partial charge in [-0.1, -0.05) is 34.8 Å². The normalized spacial score (nSPS) is 10.4. The lowest BCUT2D eigenvalue weighted by Gasteiger charge is -2.08. The van der Waals surface area contributed by atoms with Gasteiger partial charge in [0.05, 0.1) is 5.02 Å². The summed E-state index contributed by atoms with van der Waals surface area (Å²) in [6.07, 6.45) is 1.59. The van der Waals surface area contributed by atoms with Crippen LogP contribution in [0.3, 0.4) is 0 Å². The van der Waals surface area contributed by atoms with Crippen molar-refractivity contribution in [1.29, 1.82) is 0 Å². The number of benzene rings is 1. The highest BCUT2D eigenvalue weighted by Crippen LogP contribution is 2.34. The zero-order chi connectivity index (χ0) is 12.4. The zero-order valence-electron chi connectivity index (χ0n) is 8.25. The van der Waals surface area contributed by atoms with E-state index in [1.54, 1.807) is 30.5 Å². The number of pyridine rings is 1. The van der Waals surface area contributed by atoms with Crippen molar-refractivity contribution >= 4 is 50.7 Å². The minimum Gasteiger partial charge on any atom is -0.436 e. The van der Waals surface area contributed by atoms with Crippen molar-refractivity contribution < 1.29 is 4.74 Å². The Hall–Kier alpha value is -0.480. The Bertz CT molecular complexity index is 513. The molecule has 1 aromatic carbocycles. The lowest BCUT2D eigenvalue weighted by molar-refractivity contribution is 0.463. The molecule has 0 saturated carbocycles. The highest BCUT2D eigenvalue weighted by atomic mass is 79.9. The van der Waals surface area contributed by atoms with Crippen molar-refractivity contribution in [2.24, 2.45) is 0 Å². The number of ether oxygens (including phenoxy) is 1. The van der Waals surface area contributed by atoms with Gasteiger partial charge in [-0.05, 0) is 40.2 Å². The summed E-state index contributed by atoms with van der Waals surface area (Å²) in [6, 6.07) is 6.61. The Morgan fingerprint density at radius 3 is 2.47 bits per heavy atom. The molecule has 6 heteroatoms. The van der Waals surface area contributed by atoms with Crippen molar-refractivity contribution in [1.82, 2.24) is 4.98 Å². The molecule has 0 fully saturated rings. The van der Waals surface area contributed by atoms with E-state index in [-0.39, 0.29) is 0 Å². The molecule has 0 aliphatic carbocycles. The molecular weight excluding hydrogens is 348 g/mol. The van der Waals surface area contributed by atoms with Crippen LogP contribution in [0.15, 0.2) is 34.9 Å². The second-order valence-electron chi connectivity index (χ2n) is 3.12. The van der Waals surface area contributed by atoms with Gasteiger partial charge in [-0.25, -0.2) is 4.98 Å². The number of hydrogen-bond acceptors (Lipinski definition) is 2. The molecule has 1 aromatic heterocycles. The maximum Gasteiger partial charge on any atom is 0.238 e. The first-order valence-corrected chi connectivity index (χ1v) is 6.43. The maximum absolute atomic E-state index is 5.98. The molecule has 0 saturated heterocycles. The quantitative estimate of drug-likeness (QED) is 0.701. The largest absolute Gasteiger partial charge is 0.436 e. The smallest absolute Gasteiger partial charge is 0.238 e. The van der Waals surface area contributed by atoms with Crippen LogP contribution in [-0.4, -0.2) is 4.98 Å². The summed E-state index contributed by atoms with van der Waals surface area (Å²) in [5.41, 5.74) is 0. The summed E-state index contributed by atoms with van der Waals surface area (Å²) in [7, 11) is 0. The third kappa shape index (κ3) is 3.26. The molecule has 0 N–H and O–H groups in total. The first-order valence-electron chi connectivity index (χ1n) is 4.50. The van der Waals surface area contributed by atoms with E-state index in [9.17, 15) is 0 Å². The standard InChI is InChI=1S/C11H5BrCl3NO/c12-6-3-9(15)11(16-5-6)17-10-2-1-7(13)4-8(10)14/h1-5H. The van der Waals surface area contributed by atoms with Gasteiger partial charge in [-0.3, -0.25) is 0 Å². The molecule has 0 bridgehead atoms. The second-order valence-corrected chi connectivity index (χ2v) is 5.28. The molecule has 0 unspecified atom stereocenters. The van der Waals surface area contributed by atoms with E-state index in [4.69, 9.17) is 39.5 Å². The molecule has 2 rings (SSSR count). The number of nitrogens with zero attached hydrogens (tertiary/aromatic N) is 1. The van der Waals surface area contributed by atoms with E-state index in [2.05, 4.69) is 20.9 Å². The van der Waals surface area contributed by atoms with Crippen molar-refractivity contribution in [3.63, 3.8) is 0 Å². The molecule has 2 aromatic rings. The Labute approximate surface area is 122 Å². The topological polar surface area (TPSA) is 22.1 Å². The Morgan fingerprint density at radius 2 is 1.82 bits per heavy atom. The van der Waals surface area contributed by atoms with E-state index < -0.39 is 0 Å². The third-order valence-electron chi connectivity index (χ3n) is 1.87. The number of rotatable bonds is 2. The summed E-state index contributed by atoms with van der Waals surface area (Å²) >= 11 is 21.0. The van der Waals surface area contributed by atoms with Crippen LogP contribution in [0, 0.1) is 0 Å². The fourth-order valence-electron chi connectivity index (χ4n) is 1.14. The molecule has 88 valence electrons. The Kier molecular flexibility index (Phi) is 4.15. The van der Waals surface area contributed by atoms with Gasteiger partial charge in [0.1, 0.15) is 10.8 Å². The molecule has 0 aliphatic rings. The molecule has 0 aliphatic heterocycles. The van der Waals surface area contributed by atoms with Crippen LogP contribution >= 0.6 is 50.7 Å². The maximum atomic E-state index is 5.98. The lowest BCUT2D eigenvalue weighted by Crippen LogP contribution is -1.89. The van der Waals surface area contributed by atoms with Crippen LogP contribution in [0.4, 0.5) is 0 Å². The Balaban J connectivity index is 2.31. The van der Waals surface area contributed by atoms with Gasteiger partial charge in [0.25, 0.3) is 0 Å². The van der Waals surface area contributed by atoms with Crippen LogP contribution in [0.25, 0.3) is 0 Å². The van der Waals surface area contributed by atoms with E-state index >= 15 is 0 Å². The summed E-state index contributed by atoms with van der Waals surface area (Å²) in [5, 5.41) is 1.33. The average molecular weight is 353 g/mol. The predicted octanol–water partition coefficient (Wildman–Crippen LogP) is 5.60. The van der Waals surface area contributed by atoms with Gasteiger partial charge in [0.2, 0.25) is 5.88 Å². The second kappa shape index (κ2) is 5.44. The molecule has 0 radical (unpaired) electrons. The van der Waals surface area contributed by atoms with Gasteiger partial charge >= 0.3 is 0 Å². The van der Waals surface area contributed by atoms with E-state index in [1.165, 1.54) is 0 Å². The highest BCUT2D eigenvalue weighted by molar-refractivity contribution is 9.10. The van der Waals surface area contributed by atoms with Gasteiger partial charge < -0.3 is 4.74 Å². The zero-order valence-corrected chi connectivity index (χ0v) is 12.1. The van der Waals surface area contributed by atoms with Gasteiger partial charge in [-0.15, -0.1) is 0 Å². The molecule has 0 atom stereocenters. The molecule has 0 spiro atoms. The van der Waals surface area contributed by atoms with E-state index in [0.29, 0.717) is 26.7 Å². The van der Waals surface area contributed by atoms with Crippen LogP contribution < -0.4 is 4.74 Å². The Morgan fingerprint density at radius 1 is 1.06 bits per heavy atom. The minimum atomic E-state index is 0.291. The van der Waals surface area contributed by atoms with E-state index in [1.807, 2.05) is 0 Å². The van der Waals surface area contributed by atoms with Crippen LogP contribution in [-0.2, 0) is 0 Å². The van der Waals surface area contributed by atoms with Crippen molar-refractivity contribution in [2.45, 2.75) is 0 Å². The van der Waals surface area contributed by atoms with Gasteiger partial charge in [0.15, 0.2) is 0 Å². The van der Waals surface area contributed by atoms with Gasteiger partial charge in [0, 0.05) is 15.7 Å². The van der Waals surface area contributed by atoms with Crippen LogP contribution in [0.5, 0.6) is 11.6 Å². The fraction of sp³-hybridized carbons (Fsp3) is 0. The lowest BCUT2D eigenvalue weighted by atomic mass is 10.3.